The summed E-state index contributed by atoms with van der Waals surface area (Å²) in [6, 6.07) is 12.2. The summed E-state index contributed by atoms with van der Waals surface area (Å²) in [5, 5.41) is 3.01. The number of hydrogen-bond donors (Lipinski definition) is 2. The molecule has 6 nitrogen and oxygen atoms in total. The topological polar surface area (TPSA) is 70.2 Å². The van der Waals surface area contributed by atoms with Crippen molar-refractivity contribution in [2.75, 3.05) is 31.6 Å². The minimum Gasteiger partial charge on any atom is -0.379 e. The van der Waals surface area contributed by atoms with E-state index in [1.807, 2.05) is 18.2 Å². The number of amides is 1. The number of fused-ring (bicyclic) bond motifs is 1. The van der Waals surface area contributed by atoms with Crippen LogP contribution in [0.4, 0.5) is 10.1 Å². The van der Waals surface area contributed by atoms with Crippen molar-refractivity contribution in [2.24, 2.45) is 5.92 Å². The van der Waals surface area contributed by atoms with Crippen LogP contribution in [0, 0.1) is 11.7 Å². The number of anilines is 1. The zero-order chi connectivity index (χ0) is 19.8. The molecule has 0 bridgehead atoms. The van der Waals surface area contributed by atoms with E-state index in [9.17, 15) is 9.18 Å². The molecule has 2 aromatic carbocycles. The fourth-order valence-electron chi connectivity index (χ4n) is 3.98. The molecule has 29 heavy (non-hydrogen) atoms. The Balaban J connectivity index is 1.23. The minimum atomic E-state index is -0.253. The molecule has 1 aliphatic carbocycles. The molecule has 0 radical (unpaired) electrons. The van der Waals surface area contributed by atoms with E-state index in [0.717, 1.165) is 67.4 Å². The first kappa shape index (κ1) is 18.3. The number of H-pyrrole nitrogens is 1. The van der Waals surface area contributed by atoms with E-state index >= 15 is 0 Å². The lowest BCUT2D eigenvalue weighted by Crippen LogP contribution is -2.35. The number of nitrogens with zero attached hydrogens (tertiary/aromatic N) is 2. The SMILES string of the molecule is O=C(Nc1ccc2nc(CN3CCOCC3)[nH]c2c1)C1CC1c1ccc(F)cc1. The Bertz CT molecular complexity index is 1030. The Hall–Kier alpha value is -2.77. The van der Waals surface area contributed by atoms with Gasteiger partial charge in [0.15, 0.2) is 0 Å². The second kappa shape index (κ2) is 7.57. The third-order valence-corrected chi connectivity index (χ3v) is 5.70. The average molecular weight is 394 g/mol. The summed E-state index contributed by atoms with van der Waals surface area (Å²) in [4.78, 5) is 22.9. The highest BCUT2D eigenvalue weighted by atomic mass is 19.1. The van der Waals surface area contributed by atoms with Crippen molar-refractivity contribution in [2.45, 2.75) is 18.9 Å². The van der Waals surface area contributed by atoms with Crippen LogP contribution in [0.3, 0.4) is 0 Å². The number of imidazole rings is 1. The molecular formula is C22H23FN4O2. The van der Waals surface area contributed by atoms with Crippen LogP contribution in [-0.2, 0) is 16.1 Å². The number of nitrogens with one attached hydrogen (secondary N) is 2. The monoisotopic (exact) mass is 394 g/mol. The van der Waals surface area contributed by atoms with Gasteiger partial charge in [0.25, 0.3) is 0 Å². The summed E-state index contributed by atoms with van der Waals surface area (Å²) in [6.07, 6.45) is 0.799. The fourth-order valence-corrected chi connectivity index (χ4v) is 3.98. The predicted molar refractivity (Wildman–Crippen MR) is 108 cm³/mol. The number of aromatic amines is 1. The van der Waals surface area contributed by atoms with Gasteiger partial charge in [-0.15, -0.1) is 0 Å². The van der Waals surface area contributed by atoms with Crippen molar-refractivity contribution in [1.82, 2.24) is 14.9 Å². The third kappa shape index (κ3) is 4.02. The molecule has 1 saturated carbocycles. The number of halogens is 1. The van der Waals surface area contributed by atoms with Crippen LogP contribution in [0.1, 0.15) is 23.7 Å². The summed E-state index contributed by atoms with van der Waals surface area (Å²) >= 11 is 0. The van der Waals surface area contributed by atoms with Crippen LogP contribution in [0.2, 0.25) is 0 Å². The van der Waals surface area contributed by atoms with E-state index in [1.165, 1.54) is 12.1 Å². The highest BCUT2D eigenvalue weighted by Crippen LogP contribution is 2.48. The summed E-state index contributed by atoms with van der Waals surface area (Å²) in [7, 11) is 0. The summed E-state index contributed by atoms with van der Waals surface area (Å²) in [5.41, 5.74) is 3.58. The first-order valence-electron chi connectivity index (χ1n) is 10.0. The second-order valence-electron chi connectivity index (χ2n) is 7.79. The van der Waals surface area contributed by atoms with Gasteiger partial charge in [0.2, 0.25) is 5.91 Å². The molecule has 3 aromatic rings. The summed E-state index contributed by atoms with van der Waals surface area (Å²) in [5.74, 6) is 0.786. The van der Waals surface area contributed by atoms with E-state index in [2.05, 4.69) is 20.2 Å². The molecule has 5 rings (SSSR count). The molecule has 2 unspecified atom stereocenters. The van der Waals surface area contributed by atoms with Gasteiger partial charge >= 0.3 is 0 Å². The maximum Gasteiger partial charge on any atom is 0.228 e. The van der Waals surface area contributed by atoms with Crippen molar-refractivity contribution in [1.29, 1.82) is 0 Å². The Kier molecular flexibility index (Phi) is 4.77. The molecule has 1 saturated heterocycles. The minimum absolute atomic E-state index is 0.00623. The number of ether oxygens (including phenoxy) is 1. The number of benzene rings is 2. The molecule has 7 heteroatoms. The molecule has 1 aromatic heterocycles. The average Bonchev–Trinajstić information content (AvgIpc) is 3.43. The van der Waals surface area contributed by atoms with Crippen molar-refractivity contribution < 1.29 is 13.9 Å². The molecule has 150 valence electrons. The van der Waals surface area contributed by atoms with E-state index in [-0.39, 0.29) is 23.6 Å². The number of carbonyl (C=O) groups is 1. The van der Waals surface area contributed by atoms with Crippen molar-refractivity contribution >= 4 is 22.6 Å². The van der Waals surface area contributed by atoms with Crippen molar-refractivity contribution in [3.63, 3.8) is 0 Å². The van der Waals surface area contributed by atoms with Crippen LogP contribution in [0.15, 0.2) is 42.5 Å². The number of rotatable bonds is 5. The maximum atomic E-state index is 13.1. The molecule has 0 spiro atoms. The molecule has 1 aliphatic heterocycles. The molecule has 2 atom stereocenters. The maximum absolute atomic E-state index is 13.1. The van der Waals surface area contributed by atoms with Gasteiger partial charge in [0, 0.05) is 24.7 Å². The third-order valence-electron chi connectivity index (χ3n) is 5.70. The van der Waals surface area contributed by atoms with Crippen molar-refractivity contribution in [3.8, 4) is 0 Å². The quantitative estimate of drug-likeness (QED) is 0.697. The zero-order valence-electron chi connectivity index (χ0n) is 16.0. The molecule has 2 N–H and O–H groups in total. The predicted octanol–water partition coefficient (Wildman–Crippen LogP) is 3.28. The lowest BCUT2D eigenvalue weighted by Gasteiger charge is -2.25. The molecule has 2 aliphatic rings. The zero-order valence-corrected chi connectivity index (χ0v) is 16.0. The molecule has 2 heterocycles. The van der Waals surface area contributed by atoms with Gasteiger partial charge in [-0.1, -0.05) is 12.1 Å². The summed E-state index contributed by atoms with van der Waals surface area (Å²) < 4.78 is 18.5. The molecule has 1 amide bonds. The Morgan fingerprint density at radius 3 is 2.79 bits per heavy atom. The fraction of sp³-hybridized carbons (Fsp3) is 0.364. The number of morpholine rings is 1. The highest BCUT2D eigenvalue weighted by Gasteiger charge is 2.43. The molecular weight excluding hydrogens is 371 g/mol. The number of carbonyl (C=O) groups excluding carboxylic acids is 1. The van der Waals surface area contributed by atoms with Gasteiger partial charge in [0.05, 0.1) is 30.8 Å². The van der Waals surface area contributed by atoms with E-state index in [4.69, 9.17) is 4.74 Å². The van der Waals surface area contributed by atoms with Gasteiger partial charge in [0.1, 0.15) is 11.6 Å². The smallest absolute Gasteiger partial charge is 0.228 e. The van der Waals surface area contributed by atoms with Gasteiger partial charge in [-0.05, 0) is 48.2 Å². The number of hydrogen-bond acceptors (Lipinski definition) is 4. The lowest BCUT2D eigenvalue weighted by atomic mass is 10.1. The van der Waals surface area contributed by atoms with Crippen molar-refractivity contribution in [3.05, 3.63) is 59.7 Å². The first-order valence-corrected chi connectivity index (χ1v) is 10.0. The Morgan fingerprint density at radius 2 is 2.00 bits per heavy atom. The van der Waals surface area contributed by atoms with E-state index in [0.29, 0.717) is 0 Å². The van der Waals surface area contributed by atoms with Crippen LogP contribution in [0.5, 0.6) is 0 Å². The van der Waals surface area contributed by atoms with Gasteiger partial charge < -0.3 is 15.0 Å². The van der Waals surface area contributed by atoms with Gasteiger partial charge in [-0.3, -0.25) is 9.69 Å². The van der Waals surface area contributed by atoms with E-state index in [1.54, 1.807) is 12.1 Å². The van der Waals surface area contributed by atoms with Gasteiger partial charge in [-0.25, -0.2) is 9.37 Å². The highest BCUT2D eigenvalue weighted by molar-refractivity contribution is 5.96. The second-order valence-corrected chi connectivity index (χ2v) is 7.79. The standard InChI is InChI=1S/C22H23FN4O2/c23-15-3-1-14(2-4-15)17-12-18(17)22(28)24-16-5-6-19-20(11-16)26-21(25-19)13-27-7-9-29-10-8-27/h1-6,11,17-18H,7-10,12-13H2,(H,24,28)(H,25,26). The van der Waals surface area contributed by atoms with Crippen LogP contribution < -0.4 is 5.32 Å². The largest absolute Gasteiger partial charge is 0.379 e. The Labute approximate surface area is 168 Å². The first-order chi connectivity index (χ1) is 14.2. The summed E-state index contributed by atoms with van der Waals surface area (Å²) in [6.45, 7) is 4.11. The molecule has 2 fully saturated rings. The van der Waals surface area contributed by atoms with Crippen LogP contribution >= 0.6 is 0 Å². The lowest BCUT2D eigenvalue weighted by molar-refractivity contribution is -0.117. The normalized spacial score (nSPS) is 22.0. The Morgan fingerprint density at radius 1 is 1.21 bits per heavy atom. The van der Waals surface area contributed by atoms with E-state index < -0.39 is 0 Å². The van der Waals surface area contributed by atoms with Crippen LogP contribution in [-0.4, -0.2) is 47.1 Å². The number of aromatic nitrogens is 2. The van der Waals surface area contributed by atoms with Crippen LogP contribution in [0.25, 0.3) is 11.0 Å². The van der Waals surface area contributed by atoms with Gasteiger partial charge in [-0.2, -0.15) is 0 Å².